The van der Waals surface area contributed by atoms with Crippen LogP contribution in [-0.2, 0) is 19.3 Å². The number of hydrogen-bond donors (Lipinski definition) is 1. The Morgan fingerprint density at radius 2 is 1.74 bits per heavy atom. The molecule has 0 amide bonds. The number of aryl methyl sites for hydroxylation is 1. The third kappa shape index (κ3) is 4.04. The molecule has 4 rings (SSSR count). The number of aliphatic hydroxyl groups excluding tert-OH is 1. The number of fused-ring (bicyclic) bond motifs is 1. The van der Waals surface area contributed by atoms with Gasteiger partial charge in [-0.3, -0.25) is 0 Å². The SMILES string of the molecule is COc1ccc(CC2(CO)CCN(C3CCc4ccccc4C3)CC2)cc1. The highest BCUT2D eigenvalue weighted by Crippen LogP contribution is 2.37. The van der Waals surface area contributed by atoms with Crippen molar-refractivity contribution in [3.05, 3.63) is 65.2 Å². The molecule has 1 unspecified atom stereocenters. The molecule has 1 atom stereocenters. The number of methoxy groups -OCH3 is 1. The number of nitrogens with zero attached hydrogens (tertiary/aromatic N) is 1. The summed E-state index contributed by atoms with van der Waals surface area (Å²) in [4.78, 5) is 2.68. The summed E-state index contributed by atoms with van der Waals surface area (Å²) in [6.07, 6.45) is 6.76. The van der Waals surface area contributed by atoms with Gasteiger partial charge in [0.2, 0.25) is 0 Å². The highest BCUT2D eigenvalue weighted by atomic mass is 16.5. The predicted octanol–water partition coefficient (Wildman–Crippen LogP) is 3.87. The van der Waals surface area contributed by atoms with Crippen molar-refractivity contribution in [2.45, 2.75) is 44.6 Å². The van der Waals surface area contributed by atoms with Gasteiger partial charge >= 0.3 is 0 Å². The first-order valence-electron chi connectivity index (χ1n) is 10.3. The second-order valence-corrected chi connectivity index (χ2v) is 8.38. The van der Waals surface area contributed by atoms with Crippen molar-refractivity contribution in [3.8, 4) is 5.75 Å². The average Bonchev–Trinajstić information content (AvgIpc) is 2.74. The molecule has 2 aliphatic rings. The second kappa shape index (κ2) is 8.04. The Morgan fingerprint density at radius 1 is 1.04 bits per heavy atom. The molecule has 1 aliphatic heterocycles. The number of aliphatic hydroxyl groups is 1. The minimum absolute atomic E-state index is 0.0255. The van der Waals surface area contributed by atoms with Gasteiger partial charge in [-0.1, -0.05) is 36.4 Å². The van der Waals surface area contributed by atoms with Crippen molar-refractivity contribution in [3.63, 3.8) is 0 Å². The standard InChI is InChI=1S/C24H31NO2/c1-27-23-10-6-19(7-11-23)17-24(18-26)12-14-25(15-13-24)22-9-8-20-4-2-3-5-21(20)16-22/h2-7,10-11,22,26H,8-9,12-18H2,1H3. The van der Waals surface area contributed by atoms with Gasteiger partial charge in [-0.15, -0.1) is 0 Å². The zero-order chi connectivity index (χ0) is 18.7. The second-order valence-electron chi connectivity index (χ2n) is 8.38. The Morgan fingerprint density at radius 3 is 2.41 bits per heavy atom. The zero-order valence-corrected chi connectivity index (χ0v) is 16.4. The highest BCUT2D eigenvalue weighted by molar-refractivity contribution is 5.31. The molecule has 1 aliphatic carbocycles. The normalized spacial score (nSPS) is 22.2. The van der Waals surface area contributed by atoms with Crippen LogP contribution in [0.4, 0.5) is 0 Å². The van der Waals surface area contributed by atoms with E-state index in [1.165, 1.54) is 36.0 Å². The lowest BCUT2D eigenvalue weighted by atomic mass is 9.73. The van der Waals surface area contributed by atoms with E-state index in [-0.39, 0.29) is 12.0 Å². The summed E-state index contributed by atoms with van der Waals surface area (Å²) in [5, 5.41) is 10.2. The topological polar surface area (TPSA) is 32.7 Å². The Bertz CT molecular complexity index is 747. The Balaban J connectivity index is 1.38. The molecule has 3 heteroatoms. The summed E-state index contributed by atoms with van der Waals surface area (Å²) < 4.78 is 5.26. The molecule has 0 bridgehead atoms. The van der Waals surface area contributed by atoms with Gasteiger partial charge in [0.15, 0.2) is 0 Å². The lowest BCUT2D eigenvalue weighted by Crippen LogP contribution is -2.48. The van der Waals surface area contributed by atoms with Crippen LogP contribution in [0.5, 0.6) is 5.75 Å². The van der Waals surface area contributed by atoms with E-state index in [0.29, 0.717) is 6.04 Å². The maximum atomic E-state index is 10.2. The molecule has 2 aromatic rings. The molecule has 0 aromatic heterocycles. The van der Waals surface area contributed by atoms with E-state index in [9.17, 15) is 5.11 Å². The van der Waals surface area contributed by atoms with Crippen molar-refractivity contribution < 1.29 is 9.84 Å². The van der Waals surface area contributed by atoms with Gasteiger partial charge in [0.1, 0.15) is 5.75 Å². The fourth-order valence-electron chi connectivity index (χ4n) is 4.92. The summed E-state index contributed by atoms with van der Waals surface area (Å²) in [7, 11) is 1.70. The third-order valence-corrected chi connectivity index (χ3v) is 6.77. The maximum absolute atomic E-state index is 10.2. The molecule has 1 fully saturated rings. The lowest BCUT2D eigenvalue weighted by molar-refractivity contribution is 0.0246. The van der Waals surface area contributed by atoms with E-state index in [4.69, 9.17) is 4.74 Å². The molecule has 0 radical (unpaired) electrons. The van der Waals surface area contributed by atoms with Gasteiger partial charge in [0, 0.05) is 12.6 Å². The first kappa shape index (κ1) is 18.5. The van der Waals surface area contributed by atoms with Crippen LogP contribution in [0, 0.1) is 5.41 Å². The van der Waals surface area contributed by atoms with E-state index in [1.54, 1.807) is 7.11 Å². The summed E-state index contributed by atoms with van der Waals surface area (Å²) in [5.74, 6) is 0.893. The van der Waals surface area contributed by atoms with Crippen LogP contribution in [0.15, 0.2) is 48.5 Å². The third-order valence-electron chi connectivity index (χ3n) is 6.77. The first-order valence-corrected chi connectivity index (χ1v) is 10.3. The van der Waals surface area contributed by atoms with Crippen molar-refractivity contribution in [1.82, 2.24) is 4.90 Å². The van der Waals surface area contributed by atoms with Crippen LogP contribution in [0.1, 0.15) is 36.0 Å². The van der Waals surface area contributed by atoms with Crippen molar-refractivity contribution >= 4 is 0 Å². The summed E-state index contributed by atoms with van der Waals surface area (Å²) in [5.41, 5.74) is 4.39. The largest absolute Gasteiger partial charge is 0.497 e. The minimum Gasteiger partial charge on any atom is -0.497 e. The van der Waals surface area contributed by atoms with E-state index in [0.717, 1.165) is 38.1 Å². The molecule has 1 heterocycles. The van der Waals surface area contributed by atoms with Gasteiger partial charge in [0.25, 0.3) is 0 Å². The van der Waals surface area contributed by atoms with Crippen LogP contribution in [0.3, 0.4) is 0 Å². The van der Waals surface area contributed by atoms with Crippen LogP contribution in [-0.4, -0.2) is 42.9 Å². The lowest BCUT2D eigenvalue weighted by Gasteiger charge is -2.45. The predicted molar refractivity (Wildman–Crippen MR) is 109 cm³/mol. The smallest absolute Gasteiger partial charge is 0.118 e. The van der Waals surface area contributed by atoms with Gasteiger partial charge in [-0.2, -0.15) is 0 Å². The van der Waals surface area contributed by atoms with E-state index < -0.39 is 0 Å². The van der Waals surface area contributed by atoms with E-state index >= 15 is 0 Å². The fourth-order valence-corrected chi connectivity index (χ4v) is 4.92. The van der Waals surface area contributed by atoms with Gasteiger partial charge in [-0.05, 0) is 85.9 Å². The fraction of sp³-hybridized carbons (Fsp3) is 0.500. The molecule has 1 N–H and O–H groups in total. The summed E-state index contributed by atoms with van der Waals surface area (Å²) in [6, 6.07) is 17.9. The number of hydrogen-bond acceptors (Lipinski definition) is 3. The van der Waals surface area contributed by atoms with Gasteiger partial charge in [0.05, 0.1) is 7.11 Å². The molecular weight excluding hydrogens is 334 g/mol. The maximum Gasteiger partial charge on any atom is 0.118 e. The van der Waals surface area contributed by atoms with Crippen LogP contribution < -0.4 is 4.74 Å². The Kier molecular flexibility index (Phi) is 5.51. The summed E-state index contributed by atoms with van der Waals surface area (Å²) in [6.45, 7) is 2.48. The van der Waals surface area contributed by atoms with Crippen LogP contribution in [0.25, 0.3) is 0 Å². The van der Waals surface area contributed by atoms with Crippen molar-refractivity contribution in [2.24, 2.45) is 5.41 Å². The number of rotatable bonds is 5. The quantitative estimate of drug-likeness (QED) is 0.873. The van der Waals surface area contributed by atoms with Gasteiger partial charge < -0.3 is 14.7 Å². The average molecular weight is 366 g/mol. The molecule has 144 valence electrons. The van der Waals surface area contributed by atoms with E-state index in [1.807, 2.05) is 12.1 Å². The van der Waals surface area contributed by atoms with Gasteiger partial charge in [-0.25, -0.2) is 0 Å². The monoisotopic (exact) mass is 365 g/mol. The molecule has 0 spiro atoms. The molecule has 2 aromatic carbocycles. The zero-order valence-electron chi connectivity index (χ0n) is 16.4. The molecular formula is C24H31NO2. The molecule has 0 saturated carbocycles. The first-order chi connectivity index (χ1) is 13.2. The number of likely N-dealkylation sites (tertiary alicyclic amines) is 1. The number of benzene rings is 2. The van der Waals surface area contributed by atoms with Crippen molar-refractivity contribution in [1.29, 1.82) is 0 Å². The molecule has 3 nitrogen and oxygen atoms in total. The van der Waals surface area contributed by atoms with E-state index in [2.05, 4.69) is 41.3 Å². The Labute approximate surface area is 163 Å². The van der Waals surface area contributed by atoms with Crippen LogP contribution in [0.2, 0.25) is 0 Å². The van der Waals surface area contributed by atoms with Crippen molar-refractivity contribution in [2.75, 3.05) is 26.8 Å². The number of ether oxygens (including phenoxy) is 1. The number of piperidine rings is 1. The summed E-state index contributed by atoms with van der Waals surface area (Å²) >= 11 is 0. The molecule has 27 heavy (non-hydrogen) atoms. The van der Waals surface area contributed by atoms with Crippen LogP contribution >= 0.6 is 0 Å². The Hall–Kier alpha value is -1.84. The minimum atomic E-state index is 0.0255. The molecule has 1 saturated heterocycles. The highest BCUT2D eigenvalue weighted by Gasteiger charge is 2.36.